The maximum absolute atomic E-state index is 12.1. The molecule has 1 amide bonds. The van der Waals surface area contributed by atoms with Gasteiger partial charge in [0.2, 0.25) is 0 Å². The second kappa shape index (κ2) is 4.76. The first-order chi connectivity index (χ1) is 8.52. The van der Waals surface area contributed by atoms with Crippen molar-refractivity contribution >= 4 is 11.9 Å². The average molecular weight is 246 g/mol. The maximum atomic E-state index is 12.1. The fourth-order valence-electron chi connectivity index (χ4n) is 1.80. The molecule has 1 aromatic heterocycles. The van der Waals surface area contributed by atoms with Crippen LogP contribution in [0.15, 0.2) is 29.5 Å². The molecule has 5 heteroatoms. The van der Waals surface area contributed by atoms with Crippen LogP contribution in [0.25, 0.3) is 0 Å². The number of nitrogens with one attached hydrogen (secondary N) is 2. The Kier molecular flexibility index (Phi) is 3.32. The van der Waals surface area contributed by atoms with Gasteiger partial charge in [0.05, 0.1) is 0 Å². The number of pyridine rings is 1. The van der Waals surface area contributed by atoms with Gasteiger partial charge in [-0.25, -0.2) is 0 Å². The summed E-state index contributed by atoms with van der Waals surface area (Å²) < 4.78 is 0. The molecule has 96 valence electrons. The van der Waals surface area contributed by atoms with Crippen molar-refractivity contribution in [3.63, 3.8) is 0 Å². The Morgan fingerprint density at radius 3 is 2.67 bits per heavy atom. The number of carbonyl (C=O) groups excluding carboxylic acids is 1. The van der Waals surface area contributed by atoms with E-state index in [2.05, 4.69) is 34.5 Å². The van der Waals surface area contributed by atoms with E-state index in [1.165, 1.54) is 0 Å². The molecule has 0 aliphatic carbocycles. The standard InChI is InChI=1S/C13H18N4O/c1-9(2)8-15-12-16-11(18)13(3,17-12)10-4-6-14-7-5-10/h4-7,9H,8H2,1-3H3,(H2,15,16,17,18). The van der Waals surface area contributed by atoms with E-state index < -0.39 is 5.54 Å². The number of nitrogens with zero attached hydrogens (tertiary/aromatic N) is 2. The van der Waals surface area contributed by atoms with Gasteiger partial charge in [-0.15, -0.1) is 0 Å². The van der Waals surface area contributed by atoms with Crippen molar-refractivity contribution in [1.29, 1.82) is 0 Å². The molecule has 1 aliphatic rings. The SMILES string of the molecule is CC(C)CN=C1NC(=O)C(C)(c2ccncc2)N1. The van der Waals surface area contributed by atoms with Gasteiger partial charge in [-0.2, -0.15) is 0 Å². The molecule has 2 heterocycles. The highest BCUT2D eigenvalue weighted by Gasteiger charge is 2.42. The van der Waals surface area contributed by atoms with Crippen molar-refractivity contribution in [2.24, 2.45) is 10.9 Å². The first kappa shape index (κ1) is 12.5. The first-order valence-electron chi connectivity index (χ1n) is 6.07. The van der Waals surface area contributed by atoms with Crippen molar-refractivity contribution < 1.29 is 4.79 Å². The van der Waals surface area contributed by atoms with Gasteiger partial charge in [0.25, 0.3) is 5.91 Å². The molecule has 1 saturated heterocycles. The van der Waals surface area contributed by atoms with E-state index in [4.69, 9.17) is 0 Å². The van der Waals surface area contributed by atoms with Crippen LogP contribution < -0.4 is 10.6 Å². The minimum Gasteiger partial charge on any atom is -0.338 e. The van der Waals surface area contributed by atoms with E-state index in [0.717, 1.165) is 5.56 Å². The fourth-order valence-corrected chi connectivity index (χ4v) is 1.80. The summed E-state index contributed by atoms with van der Waals surface area (Å²) in [6.45, 7) is 6.70. The number of amides is 1. The number of carbonyl (C=O) groups is 1. The molecular weight excluding hydrogens is 228 g/mol. The molecule has 0 spiro atoms. The van der Waals surface area contributed by atoms with Crippen LogP contribution in [0.3, 0.4) is 0 Å². The smallest absolute Gasteiger partial charge is 0.256 e. The molecule has 1 unspecified atom stereocenters. The molecule has 18 heavy (non-hydrogen) atoms. The van der Waals surface area contributed by atoms with Gasteiger partial charge in [-0.3, -0.25) is 20.1 Å². The largest absolute Gasteiger partial charge is 0.338 e. The monoisotopic (exact) mass is 246 g/mol. The van der Waals surface area contributed by atoms with Crippen molar-refractivity contribution in [2.75, 3.05) is 6.54 Å². The lowest BCUT2D eigenvalue weighted by atomic mass is 9.93. The molecule has 1 fully saturated rings. The highest BCUT2D eigenvalue weighted by atomic mass is 16.2. The molecule has 5 nitrogen and oxygen atoms in total. The Labute approximate surface area is 107 Å². The average Bonchev–Trinajstić information content (AvgIpc) is 2.65. The zero-order valence-corrected chi connectivity index (χ0v) is 10.9. The highest BCUT2D eigenvalue weighted by Crippen LogP contribution is 2.23. The lowest BCUT2D eigenvalue weighted by Crippen LogP contribution is -2.40. The summed E-state index contributed by atoms with van der Waals surface area (Å²) in [7, 11) is 0. The summed E-state index contributed by atoms with van der Waals surface area (Å²) >= 11 is 0. The minimum atomic E-state index is -0.765. The Hall–Kier alpha value is -1.91. The quantitative estimate of drug-likeness (QED) is 0.837. The van der Waals surface area contributed by atoms with Gasteiger partial charge in [-0.05, 0) is 30.5 Å². The highest BCUT2D eigenvalue weighted by molar-refractivity contribution is 6.09. The van der Waals surface area contributed by atoms with Gasteiger partial charge in [-0.1, -0.05) is 13.8 Å². The number of guanidine groups is 1. The molecule has 0 bridgehead atoms. The van der Waals surface area contributed by atoms with Crippen LogP contribution in [0.2, 0.25) is 0 Å². The Morgan fingerprint density at radius 1 is 1.39 bits per heavy atom. The predicted octanol–water partition coefficient (Wildman–Crippen LogP) is 1.03. The third kappa shape index (κ3) is 2.34. The summed E-state index contributed by atoms with van der Waals surface area (Å²) in [4.78, 5) is 20.4. The lowest BCUT2D eigenvalue weighted by molar-refractivity contribution is -0.123. The number of aromatic nitrogens is 1. The number of rotatable bonds is 3. The summed E-state index contributed by atoms with van der Waals surface area (Å²) in [6.07, 6.45) is 3.36. The molecule has 1 atom stereocenters. The molecule has 0 saturated carbocycles. The molecule has 2 rings (SSSR count). The van der Waals surface area contributed by atoms with Crippen LogP contribution >= 0.6 is 0 Å². The van der Waals surface area contributed by atoms with E-state index in [0.29, 0.717) is 18.4 Å². The van der Waals surface area contributed by atoms with E-state index >= 15 is 0 Å². The van der Waals surface area contributed by atoms with E-state index in [1.807, 2.05) is 19.1 Å². The predicted molar refractivity (Wildman–Crippen MR) is 70.0 cm³/mol. The zero-order chi connectivity index (χ0) is 13.2. The van der Waals surface area contributed by atoms with Crippen LogP contribution in [0.5, 0.6) is 0 Å². The molecule has 1 aromatic rings. The van der Waals surface area contributed by atoms with Gasteiger partial charge in [0.15, 0.2) is 5.96 Å². The van der Waals surface area contributed by atoms with Crippen LogP contribution in [-0.2, 0) is 10.3 Å². The topological polar surface area (TPSA) is 66.4 Å². The molecule has 0 radical (unpaired) electrons. The third-order valence-corrected chi connectivity index (χ3v) is 2.93. The second-order valence-electron chi connectivity index (χ2n) is 5.02. The third-order valence-electron chi connectivity index (χ3n) is 2.93. The molecular formula is C13H18N4O. The minimum absolute atomic E-state index is 0.0868. The summed E-state index contributed by atoms with van der Waals surface area (Å²) in [6, 6.07) is 3.66. The van der Waals surface area contributed by atoms with Crippen LogP contribution in [-0.4, -0.2) is 23.4 Å². The normalized spacial score (nSPS) is 25.3. The molecule has 1 aliphatic heterocycles. The van der Waals surface area contributed by atoms with Crippen molar-refractivity contribution in [2.45, 2.75) is 26.3 Å². The Bertz CT molecular complexity index is 469. The first-order valence-corrected chi connectivity index (χ1v) is 6.07. The summed E-state index contributed by atoms with van der Waals surface area (Å²) in [5.74, 6) is 0.924. The summed E-state index contributed by atoms with van der Waals surface area (Å²) in [5, 5.41) is 5.93. The van der Waals surface area contributed by atoms with Gasteiger partial charge < -0.3 is 5.32 Å². The Morgan fingerprint density at radius 2 is 2.06 bits per heavy atom. The van der Waals surface area contributed by atoms with Crippen molar-refractivity contribution in [3.05, 3.63) is 30.1 Å². The second-order valence-corrected chi connectivity index (χ2v) is 5.02. The van der Waals surface area contributed by atoms with Gasteiger partial charge in [0.1, 0.15) is 5.54 Å². The zero-order valence-electron chi connectivity index (χ0n) is 10.9. The number of hydrogen-bond donors (Lipinski definition) is 2. The molecule has 2 N–H and O–H groups in total. The van der Waals surface area contributed by atoms with Crippen molar-refractivity contribution in [1.82, 2.24) is 15.6 Å². The van der Waals surface area contributed by atoms with E-state index in [-0.39, 0.29) is 5.91 Å². The van der Waals surface area contributed by atoms with Gasteiger partial charge in [0, 0.05) is 18.9 Å². The maximum Gasteiger partial charge on any atom is 0.256 e. The Balaban J connectivity index is 2.21. The lowest BCUT2D eigenvalue weighted by Gasteiger charge is -2.21. The van der Waals surface area contributed by atoms with Crippen LogP contribution in [0.1, 0.15) is 26.3 Å². The van der Waals surface area contributed by atoms with Crippen LogP contribution in [0, 0.1) is 5.92 Å². The summed E-state index contributed by atoms with van der Waals surface area (Å²) in [5.41, 5.74) is 0.114. The van der Waals surface area contributed by atoms with Gasteiger partial charge >= 0.3 is 0 Å². The van der Waals surface area contributed by atoms with Crippen molar-refractivity contribution in [3.8, 4) is 0 Å². The van der Waals surface area contributed by atoms with Crippen LogP contribution in [0.4, 0.5) is 0 Å². The van der Waals surface area contributed by atoms with E-state index in [1.54, 1.807) is 12.4 Å². The number of aliphatic imine (C=N–C) groups is 1. The van der Waals surface area contributed by atoms with E-state index in [9.17, 15) is 4.79 Å². The molecule has 0 aromatic carbocycles. The number of hydrogen-bond acceptors (Lipinski definition) is 3. The fraction of sp³-hybridized carbons (Fsp3) is 0.462.